The van der Waals surface area contributed by atoms with Crippen molar-refractivity contribution < 1.29 is 23.1 Å². The van der Waals surface area contributed by atoms with Crippen LogP contribution in [0.25, 0.3) is 0 Å². The zero-order valence-electron chi connectivity index (χ0n) is 12.8. The van der Waals surface area contributed by atoms with Crippen LogP contribution in [-0.4, -0.2) is 29.2 Å². The third-order valence-electron chi connectivity index (χ3n) is 3.83. The van der Waals surface area contributed by atoms with E-state index in [2.05, 4.69) is 20.3 Å². The van der Waals surface area contributed by atoms with Crippen molar-refractivity contribution in [2.24, 2.45) is 0 Å². The molecule has 6 nitrogen and oxygen atoms in total. The normalized spacial score (nSPS) is 15.0. The molecule has 126 valence electrons. The largest absolute Gasteiger partial charge is 0.467 e. The summed E-state index contributed by atoms with van der Waals surface area (Å²) in [6, 6.07) is 2.76. The number of aromatic amines is 1. The molecule has 0 saturated heterocycles. The van der Waals surface area contributed by atoms with E-state index in [1.165, 1.54) is 0 Å². The van der Waals surface area contributed by atoms with Crippen LogP contribution in [0.3, 0.4) is 0 Å². The third kappa shape index (κ3) is 3.27. The smallest absolute Gasteiger partial charge is 0.333 e. The van der Waals surface area contributed by atoms with Crippen LogP contribution < -0.4 is 5.32 Å². The summed E-state index contributed by atoms with van der Waals surface area (Å²) in [4.78, 5) is 24.2. The summed E-state index contributed by atoms with van der Waals surface area (Å²) in [6.45, 7) is 0. The molecule has 1 saturated carbocycles. The number of hydrogen-bond acceptors (Lipinski definition) is 4. The number of benzene rings is 1. The lowest BCUT2D eigenvalue weighted by Crippen LogP contribution is -2.35. The van der Waals surface area contributed by atoms with Gasteiger partial charge in [-0.1, -0.05) is 0 Å². The molecule has 0 bridgehead atoms. The molecule has 1 amide bonds. The highest BCUT2D eigenvalue weighted by Crippen LogP contribution is 2.39. The fourth-order valence-electron chi connectivity index (χ4n) is 2.38. The summed E-state index contributed by atoms with van der Waals surface area (Å²) in [5.74, 6) is -2.78. The maximum Gasteiger partial charge on any atom is 0.333 e. The van der Waals surface area contributed by atoms with Gasteiger partial charge in [-0.3, -0.25) is 9.89 Å². The molecular formula is C16H15F2N3O3. The molecule has 0 unspecified atom stereocenters. The lowest BCUT2D eigenvalue weighted by Gasteiger charge is -2.17. The van der Waals surface area contributed by atoms with Gasteiger partial charge in [0.25, 0.3) is 5.91 Å². The number of nitrogens with one attached hydrogen (secondary N) is 2. The van der Waals surface area contributed by atoms with Crippen LogP contribution in [0.4, 0.5) is 8.78 Å². The molecule has 1 aromatic heterocycles. The van der Waals surface area contributed by atoms with Gasteiger partial charge in [-0.05, 0) is 37.1 Å². The van der Waals surface area contributed by atoms with Crippen molar-refractivity contribution in [3.63, 3.8) is 0 Å². The second-order valence-corrected chi connectivity index (χ2v) is 5.58. The van der Waals surface area contributed by atoms with Gasteiger partial charge in [-0.25, -0.2) is 13.6 Å². The fraction of sp³-hybridized carbons (Fsp3) is 0.312. The minimum atomic E-state index is -1.47. The standard InChI is InChI=1S/C16H15F2N3O3/c1-24-16(23)14(10-6-9(17)4-5-11(10)18)19-15(22)13-7-12(20-21-13)8-2-3-8/h4-8,14H,2-3H2,1H3,(H,19,22)(H,20,21)/t14-/m1/s1. The van der Waals surface area contributed by atoms with Crippen molar-refractivity contribution in [2.75, 3.05) is 7.11 Å². The first-order chi connectivity index (χ1) is 11.5. The molecule has 3 rings (SSSR count). The van der Waals surface area contributed by atoms with E-state index in [-0.39, 0.29) is 11.3 Å². The summed E-state index contributed by atoms with van der Waals surface area (Å²) >= 11 is 0. The van der Waals surface area contributed by atoms with Crippen molar-refractivity contribution >= 4 is 11.9 Å². The number of rotatable bonds is 5. The zero-order chi connectivity index (χ0) is 17.3. The first kappa shape index (κ1) is 16.1. The number of methoxy groups -OCH3 is 1. The van der Waals surface area contributed by atoms with Gasteiger partial charge in [0.1, 0.15) is 17.3 Å². The molecule has 1 aliphatic carbocycles. The topological polar surface area (TPSA) is 84.1 Å². The molecule has 1 aromatic carbocycles. The van der Waals surface area contributed by atoms with Gasteiger partial charge in [-0.2, -0.15) is 5.10 Å². The van der Waals surface area contributed by atoms with Gasteiger partial charge >= 0.3 is 5.97 Å². The Labute approximate surface area is 136 Å². The van der Waals surface area contributed by atoms with Crippen LogP contribution in [0, 0.1) is 11.6 Å². The number of aromatic nitrogens is 2. The summed E-state index contributed by atoms with van der Waals surface area (Å²) in [6.07, 6.45) is 2.06. The van der Waals surface area contributed by atoms with Crippen LogP contribution >= 0.6 is 0 Å². The van der Waals surface area contributed by atoms with Crippen LogP contribution in [0.2, 0.25) is 0 Å². The van der Waals surface area contributed by atoms with Crippen molar-refractivity contribution in [3.05, 3.63) is 52.9 Å². The molecule has 1 heterocycles. The Morgan fingerprint density at radius 2 is 2.08 bits per heavy atom. The fourth-order valence-corrected chi connectivity index (χ4v) is 2.38. The molecule has 2 aromatic rings. The SMILES string of the molecule is COC(=O)[C@H](NC(=O)c1cc(C2CC2)[nH]n1)c1cc(F)ccc1F. The van der Waals surface area contributed by atoms with Gasteiger partial charge in [0.15, 0.2) is 6.04 Å². The van der Waals surface area contributed by atoms with Crippen molar-refractivity contribution in [2.45, 2.75) is 24.8 Å². The molecule has 24 heavy (non-hydrogen) atoms. The minimum absolute atomic E-state index is 0.0719. The van der Waals surface area contributed by atoms with Crippen molar-refractivity contribution in [3.8, 4) is 0 Å². The predicted molar refractivity (Wildman–Crippen MR) is 79.1 cm³/mol. The predicted octanol–water partition coefficient (Wildman–Crippen LogP) is 2.21. The molecule has 2 N–H and O–H groups in total. The Kier molecular flexibility index (Phi) is 4.28. The van der Waals surface area contributed by atoms with Gasteiger partial charge in [0.2, 0.25) is 0 Å². The minimum Gasteiger partial charge on any atom is -0.467 e. The maximum atomic E-state index is 13.9. The van der Waals surface area contributed by atoms with Crippen LogP contribution in [-0.2, 0) is 9.53 Å². The van der Waals surface area contributed by atoms with E-state index in [4.69, 9.17) is 0 Å². The van der Waals surface area contributed by atoms with Crippen molar-refractivity contribution in [1.29, 1.82) is 0 Å². The molecule has 1 fully saturated rings. The number of nitrogens with zero attached hydrogens (tertiary/aromatic N) is 1. The number of halogens is 2. The quantitative estimate of drug-likeness (QED) is 0.821. The first-order valence-electron chi connectivity index (χ1n) is 7.38. The van der Waals surface area contributed by atoms with Gasteiger partial charge in [-0.15, -0.1) is 0 Å². The summed E-state index contributed by atoms with van der Waals surface area (Å²) < 4.78 is 31.9. The number of carbonyl (C=O) groups is 2. The average Bonchev–Trinajstić information content (AvgIpc) is 3.31. The molecule has 1 atom stereocenters. The molecule has 0 aliphatic heterocycles. The Morgan fingerprint density at radius 3 is 2.75 bits per heavy atom. The third-order valence-corrected chi connectivity index (χ3v) is 3.83. The van der Waals surface area contributed by atoms with Gasteiger partial charge < -0.3 is 10.1 Å². The maximum absolute atomic E-state index is 13.9. The highest BCUT2D eigenvalue weighted by Gasteiger charge is 2.30. The van der Waals surface area contributed by atoms with E-state index in [1.54, 1.807) is 6.07 Å². The Morgan fingerprint density at radius 1 is 1.33 bits per heavy atom. The zero-order valence-corrected chi connectivity index (χ0v) is 12.8. The summed E-state index contributed by atoms with van der Waals surface area (Å²) in [5, 5.41) is 8.99. The van der Waals surface area contributed by atoms with E-state index in [0.717, 1.165) is 43.8 Å². The first-order valence-corrected chi connectivity index (χ1v) is 7.38. The van der Waals surface area contributed by atoms with Crippen molar-refractivity contribution in [1.82, 2.24) is 15.5 Å². The number of amides is 1. The second-order valence-electron chi connectivity index (χ2n) is 5.58. The Bertz CT molecular complexity index is 787. The number of ether oxygens (including phenoxy) is 1. The molecule has 1 aliphatic rings. The highest BCUT2D eigenvalue weighted by molar-refractivity contribution is 5.95. The molecule has 0 radical (unpaired) electrons. The molecule has 8 heteroatoms. The van der Waals surface area contributed by atoms with Gasteiger partial charge in [0, 0.05) is 17.2 Å². The number of hydrogen-bond donors (Lipinski definition) is 2. The van der Waals surface area contributed by atoms with Crippen LogP contribution in [0.5, 0.6) is 0 Å². The van der Waals surface area contributed by atoms with Crippen LogP contribution in [0.1, 0.15) is 46.5 Å². The van der Waals surface area contributed by atoms with Gasteiger partial charge in [0.05, 0.1) is 7.11 Å². The molecular weight excluding hydrogens is 320 g/mol. The summed E-state index contributed by atoms with van der Waals surface area (Å²) in [7, 11) is 1.10. The Balaban J connectivity index is 1.84. The highest BCUT2D eigenvalue weighted by atomic mass is 19.1. The summed E-state index contributed by atoms with van der Waals surface area (Å²) in [5.41, 5.74) is 0.600. The lowest BCUT2D eigenvalue weighted by atomic mass is 10.1. The number of H-pyrrole nitrogens is 1. The second kappa shape index (κ2) is 6.38. The number of esters is 1. The number of carbonyl (C=O) groups excluding carboxylic acids is 2. The molecule has 0 spiro atoms. The van der Waals surface area contributed by atoms with E-state index >= 15 is 0 Å². The van der Waals surface area contributed by atoms with E-state index in [1.807, 2.05) is 0 Å². The van der Waals surface area contributed by atoms with Crippen LogP contribution in [0.15, 0.2) is 24.3 Å². The Hall–Kier alpha value is -2.77. The van der Waals surface area contributed by atoms with E-state index in [0.29, 0.717) is 5.92 Å². The lowest BCUT2D eigenvalue weighted by molar-refractivity contribution is -0.143. The monoisotopic (exact) mass is 335 g/mol. The van der Waals surface area contributed by atoms with E-state index < -0.39 is 29.6 Å². The van der Waals surface area contributed by atoms with E-state index in [9.17, 15) is 18.4 Å². The average molecular weight is 335 g/mol.